The molecule has 0 aliphatic carbocycles. The van der Waals surface area contributed by atoms with Crippen LogP contribution in [0.25, 0.3) is 0 Å². The molecule has 3 heterocycles. The highest BCUT2D eigenvalue weighted by Crippen LogP contribution is 2.36. The Hall–Kier alpha value is -3.71. The van der Waals surface area contributed by atoms with Crippen LogP contribution >= 0.6 is 93.3 Å². The Balaban J connectivity index is 0.000000262. The minimum absolute atomic E-state index is 0.0184. The van der Waals surface area contributed by atoms with Crippen molar-refractivity contribution in [3.63, 3.8) is 0 Å². The number of benzene rings is 3. The van der Waals surface area contributed by atoms with Crippen LogP contribution in [0.3, 0.4) is 0 Å². The molecule has 0 aliphatic rings. The number of rotatable bonds is 9. The molecule has 6 rings (SSSR count). The first-order valence-corrected chi connectivity index (χ1v) is 26.5. The number of ether oxygens (including phenoxy) is 1. The van der Waals surface area contributed by atoms with Crippen molar-refractivity contribution in [3.8, 4) is 0 Å². The molecule has 32 heteroatoms. The van der Waals surface area contributed by atoms with Crippen molar-refractivity contribution in [2.75, 3.05) is 28.6 Å². The number of halogens is 16. The number of aromatic nitrogens is 3. The van der Waals surface area contributed by atoms with Gasteiger partial charge in [-0.2, -0.15) is 39.5 Å². The second-order valence-corrected chi connectivity index (χ2v) is 22.6. The van der Waals surface area contributed by atoms with Gasteiger partial charge in [0.15, 0.2) is 0 Å². The quantitative estimate of drug-likeness (QED) is 0.0606. The lowest BCUT2D eigenvalue weighted by molar-refractivity contribution is -0.138. The Morgan fingerprint density at radius 3 is 1.44 bits per heavy atom. The normalized spacial score (nSPS) is 12.0. The predicted octanol–water partition coefficient (Wildman–Crippen LogP) is 13.3. The van der Waals surface area contributed by atoms with Crippen LogP contribution in [0.1, 0.15) is 16.7 Å². The van der Waals surface area contributed by atoms with Crippen LogP contribution in [-0.2, 0) is 52.4 Å². The number of nitrogen functional groups attached to an aromatic ring is 1. The van der Waals surface area contributed by atoms with Gasteiger partial charge in [-0.3, -0.25) is 4.72 Å². The Morgan fingerprint density at radius 1 is 0.600 bits per heavy atom. The fourth-order valence-electron chi connectivity index (χ4n) is 4.73. The summed E-state index contributed by atoms with van der Waals surface area (Å²) in [5, 5.41) is 0.874. The number of nitrogens with one attached hydrogen (secondary N) is 1. The molecule has 0 spiro atoms. The largest absolute Gasteiger partial charge is 0.416 e. The van der Waals surface area contributed by atoms with Gasteiger partial charge in [0.25, 0.3) is 29.1 Å². The van der Waals surface area contributed by atoms with Crippen LogP contribution in [0.2, 0.25) is 15.1 Å². The Kier molecular flexibility index (Phi) is 21.5. The zero-order valence-corrected chi connectivity index (χ0v) is 44.3. The number of hydrogen-bond acceptors (Lipinski definition) is 11. The van der Waals surface area contributed by atoms with Crippen molar-refractivity contribution in [2.45, 2.75) is 33.2 Å². The van der Waals surface area contributed by atoms with Crippen LogP contribution < -0.4 is 14.8 Å². The van der Waals surface area contributed by atoms with Crippen LogP contribution in [0.4, 0.5) is 56.6 Å². The molecule has 0 fully saturated rings. The van der Waals surface area contributed by atoms with E-state index in [2.05, 4.69) is 67.5 Å². The molecule has 70 heavy (non-hydrogen) atoms. The van der Waals surface area contributed by atoms with Gasteiger partial charge in [0.2, 0.25) is 0 Å². The van der Waals surface area contributed by atoms with Gasteiger partial charge < -0.3 is 10.5 Å². The molecule has 0 amide bonds. The van der Waals surface area contributed by atoms with Gasteiger partial charge in [0.05, 0.1) is 63.5 Å². The van der Waals surface area contributed by atoms with E-state index in [-0.39, 0.29) is 30.6 Å². The first-order chi connectivity index (χ1) is 32.1. The zero-order chi connectivity index (χ0) is 53.2. The minimum Gasteiger partial charge on any atom is -0.396 e. The highest BCUT2D eigenvalue weighted by atomic mass is 79.9. The van der Waals surface area contributed by atoms with E-state index in [1.165, 1.54) is 37.8 Å². The minimum atomic E-state index is -4.67. The summed E-state index contributed by atoms with van der Waals surface area (Å²) < 4.78 is 193. The molecule has 0 aliphatic heterocycles. The number of alkyl halides is 9. The Morgan fingerprint density at radius 2 is 1.00 bits per heavy atom. The SMILES string of the molecule is COCN(c1cc(Cl)cnc1Br)S(=O)(=O)c1cccc(C(F)(F)F)c1.Nc1cc(Cl)cnc1Br.O=S(=O)(Cl)c1cccc(C(F)(F)F)c1.O=S(=O)(Nc1cc(Cl)cnc1Br)c1cccc(C(F)(F)F)c1. The molecule has 380 valence electrons. The monoisotopic (exact) mass is 1320 g/mol. The number of nitrogens with zero attached hydrogens (tertiary/aromatic N) is 4. The molecule has 0 unspecified atom stereocenters. The summed E-state index contributed by atoms with van der Waals surface area (Å²) in [6.07, 6.45) is -9.77. The molecule has 3 aromatic heterocycles. The number of sulfonamides is 2. The molecule has 13 nitrogen and oxygen atoms in total. The Labute approximate surface area is 437 Å². The van der Waals surface area contributed by atoms with Gasteiger partial charge in [0, 0.05) is 36.4 Å². The topological polar surface area (TPSA) is 192 Å². The summed E-state index contributed by atoms with van der Waals surface area (Å²) in [4.78, 5) is 9.90. The van der Waals surface area contributed by atoms with Gasteiger partial charge in [0.1, 0.15) is 20.5 Å². The maximum atomic E-state index is 12.9. The number of pyridine rings is 3. The summed E-state index contributed by atoms with van der Waals surface area (Å²) in [6.45, 7) is -0.445. The molecule has 0 atom stereocenters. The average molecular weight is 1330 g/mol. The van der Waals surface area contributed by atoms with Crippen molar-refractivity contribution in [3.05, 3.63) is 155 Å². The predicted molar refractivity (Wildman–Crippen MR) is 255 cm³/mol. The summed E-state index contributed by atoms with van der Waals surface area (Å²) in [5.41, 5.74) is 2.86. The zero-order valence-electron chi connectivity index (χ0n) is 34.1. The van der Waals surface area contributed by atoms with Gasteiger partial charge >= 0.3 is 18.5 Å². The summed E-state index contributed by atoms with van der Waals surface area (Å²) in [7, 11) is -6.55. The van der Waals surface area contributed by atoms with Crippen molar-refractivity contribution < 1.29 is 69.5 Å². The molecule has 3 aromatic carbocycles. The fourth-order valence-corrected chi connectivity index (χ4v) is 9.74. The van der Waals surface area contributed by atoms with E-state index < -0.39 is 85.7 Å². The Bertz CT molecular complexity index is 3150. The van der Waals surface area contributed by atoms with E-state index in [0.29, 0.717) is 33.5 Å². The third-order valence-electron chi connectivity index (χ3n) is 7.85. The summed E-state index contributed by atoms with van der Waals surface area (Å²) in [5.74, 6) is 0. The third kappa shape index (κ3) is 18.1. The van der Waals surface area contributed by atoms with Crippen molar-refractivity contribution in [2.24, 2.45) is 0 Å². The lowest BCUT2D eigenvalue weighted by Crippen LogP contribution is -2.33. The van der Waals surface area contributed by atoms with Gasteiger partial charge in [-0.05, 0) is 121 Å². The first kappa shape index (κ1) is 60.6. The van der Waals surface area contributed by atoms with Gasteiger partial charge in [-0.25, -0.2) is 44.5 Å². The smallest absolute Gasteiger partial charge is 0.396 e. The van der Waals surface area contributed by atoms with Crippen LogP contribution in [0.5, 0.6) is 0 Å². The molecule has 0 saturated carbocycles. The molecule has 0 bridgehead atoms. The van der Waals surface area contributed by atoms with Crippen molar-refractivity contribution in [1.82, 2.24) is 15.0 Å². The first-order valence-electron chi connectivity index (χ1n) is 17.8. The lowest BCUT2D eigenvalue weighted by atomic mass is 10.2. The molecule has 3 N–H and O–H groups in total. The van der Waals surface area contributed by atoms with Crippen molar-refractivity contribution in [1.29, 1.82) is 0 Å². The molecule has 0 saturated heterocycles. The van der Waals surface area contributed by atoms with Crippen LogP contribution in [-0.4, -0.2) is 54.0 Å². The number of hydrogen-bond donors (Lipinski definition) is 2. The second kappa shape index (κ2) is 24.8. The molecular weight excluding hydrogens is 1300 g/mol. The number of methoxy groups -OCH3 is 1. The molecule has 6 aromatic rings. The van der Waals surface area contributed by atoms with E-state index in [0.717, 1.165) is 58.9 Å². The van der Waals surface area contributed by atoms with E-state index in [9.17, 15) is 64.8 Å². The standard InChI is InChI=1S/C14H11BrClF3N2O3S.C12H7BrClF3N2O2S.C7H4ClF3O2S.C5H4BrClN2/c1-24-8-21(12-6-10(16)7-20-13(12)15)25(22,23)11-4-2-3-9(5-11)14(17,18)19;13-11-10(5-8(14)6-18-11)19-22(20,21)9-3-1-2-7(4-9)12(15,16)17;8-14(12,13)6-3-1-2-5(4-6)7(9,10)11;6-5-4(8)1-3(7)2-9-5/h2-7H,8H2,1H3;1-6,19H;1-4H;1-2H,8H2. The highest BCUT2D eigenvalue weighted by Gasteiger charge is 2.35. The maximum absolute atomic E-state index is 12.9. The number of anilines is 3. The van der Waals surface area contributed by atoms with Crippen molar-refractivity contribution >= 4 is 139 Å². The lowest BCUT2D eigenvalue weighted by Gasteiger charge is -2.24. The van der Waals surface area contributed by atoms with Gasteiger partial charge in [-0.15, -0.1) is 0 Å². The van der Waals surface area contributed by atoms with E-state index in [1.807, 2.05) is 0 Å². The summed E-state index contributed by atoms with van der Waals surface area (Å²) >= 11 is 26.4. The summed E-state index contributed by atoms with van der Waals surface area (Å²) in [6, 6.07) is 14.3. The highest BCUT2D eigenvalue weighted by molar-refractivity contribution is 9.11. The third-order valence-corrected chi connectivity index (χ3v) is 14.8. The van der Waals surface area contributed by atoms with Crippen LogP contribution in [0, 0.1) is 0 Å². The number of nitrogens with two attached hydrogens (primary N) is 1. The average Bonchev–Trinajstić information content (AvgIpc) is 3.26. The molecule has 0 radical (unpaired) electrons. The van der Waals surface area contributed by atoms with E-state index in [1.54, 1.807) is 6.07 Å². The van der Waals surface area contributed by atoms with Crippen LogP contribution in [0.15, 0.2) is 138 Å². The van der Waals surface area contributed by atoms with E-state index in [4.69, 9.17) is 56.0 Å². The van der Waals surface area contributed by atoms with E-state index >= 15 is 0 Å². The fraction of sp³-hybridized carbons (Fsp3) is 0.132. The second-order valence-electron chi connectivity index (χ2n) is 12.9. The maximum Gasteiger partial charge on any atom is 0.416 e. The molecular formula is C38H26Br3Cl4F9N6O7S3. The van der Waals surface area contributed by atoms with Gasteiger partial charge in [-0.1, -0.05) is 53.0 Å².